The van der Waals surface area contributed by atoms with Crippen molar-refractivity contribution in [3.05, 3.63) is 99.2 Å². The Morgan fingerprint density at radius 3 is 2.13 bits per heavy atom. The summed E-state index contributed by atoms with van der Waals surface area (Å²) in [6.07, 6.45) is 0. The Bertz CT molecular complexity index is 1240. The minimum Gasteiger partial charge on any atom is -0.339 e. The van der Waals surface area contributed by atoms with Crippen LogP contribution in [0.3, 0.4) is 0 Å². The second kappa shape index (κ2) is 8.22. The van der Waals surface area contributed by atoms with Crippen LogP contribution in [0.25, 0.3) is 5.57 Å². The van der Waals surface area contributed by atoms with Crippen LogP contribution >= 0.6 is 23.2 Å². The average Bonchev–Trinajstić information content (AvgIpc) is 3.02. The van der Waals surface area contributed by atoms with Crippen LogP contribution in [-0.4, -0.2) is 18.9 Å². The summed E-state index contributed by atoms with van der Waals surface area (Å²) in [5, 5.41) is 0.630. The fourth-order valence-electron chi connectivity index (χ4n) is 3.63. The third-order valence-electron chi connectivity index (χ3n) is 5.50. The molecule has 2 amide bonds. The molecule has 156 valence electrons. The summed E-state index contributed by atoms with van der Waals surface area (Å²) in [6, 6.07) is 20.0. The molecule has 0 atom stereocenters. The zero-order chi connectivity index (χ0) is 22.3. The molecular weight excluding hydrogens is 431 g/mol. The van der Waals surface area contributed by atoms with Gasteiger partial charge >= 0.3 is 0 Å². The standard InChI is InChI=1S/C25H20Cl2N2O2/c1-15-9-10-17(13-16(15)2)22-23(28(3)18-7-5-4-6-8-18)25(31)29(24(22)30)19-11-12-20(26)21(27)14-19/h4-14H,1-3H3. The number of likely N-dealkylation sites (N-methyl/N-ethyl adjacent to an activating group) is 1. The average molecular weight is 451 g/mol. The van der Waals surface area contributed by atoms with Gasteiger partial charge < -0.3 is 4.90 Å². The van der Waals surface area contributed by atoms with Gasteiger partial charge in [-0.25, -0.2) is 4.90 Å². The fraction of sp³-hybridized carbons (Fsp3) is 0.120. The van der Waals surface area contributed by atoms with E-state index in [1.54, 1.807) is 24.1 Å². The van der Waals surface area contributed by atoms with Gasteiger partial charge in [0.15, 0.2) is 0 Å². The molecular formula is C25H20Cl2N2O2. The molecule has 6 heteroatoms. The third-order valence-corrected chi connectivity index (χ3v) is 6.23. The Kier molecular flexibility index (Phi) is 5.61. The fourth-order valence-corrected chi connectivity index (χ4v) is 3.92. The predicted octanol–water partition coefficient (Wildman–Crippen LogP) is 6.03. The number of anilines is 2. The molecule has 0 aromatic heterocycles. The van der Waals surface area contributed by atoms with Crippen LogP contribution < -0.4 is 9.80 Å². The molecule has 0 fully saturated rings. The molecule has 31 heavy (non-hydrogen) atoms. The lowest BCUT2D eigenvalue weighted by molar-refractivity contribution is -0.120. The number of hydrogen-bond donors (Lipinski definition) is 0. The Balaban J connectivity index is 1.90. The van der Waals surface area contributed by atoms with E-state index in [2.05, 4.69) is 0 Å². The van der Waals surface area contributed by atoms with Gasteiger partial charge in [-0.1, -0.05) is 59.6 Å². The van der Waals surface area contributed by atoms with Crippen molar-refractivity contribution in [2.24, 2.45) is 0 Å². The molecule has 1 heterocycles. The van der Waals surface area contributed by atoms with Crippen molar-refractivity contribution in [3.63, 3.8) is 0 Å². The first-order valence-corrected chi connectivity index (χ1v) is 10.5. The van der Waals surface area contributed by atoms with Crippen molar-refractivity contribution in [2.45, 2.75) is 13.8 Å². The smallest absolute Gasteiger partial charge is 0.282 e. The van der Waals surface area contributed by atoms with Gasteiger partial charge in [0.1, 0.15) is 5.70 Å². The van der Waals surface area contributed by atoms with Crippen molar-refractivity contribution < 1.29 is 9.59 Å². The van der Waals surface area contributed by atoms with E-state index in [0.29, 0.717) is 27.5 Å². The third kappa shape index (κ3) is 3.73. The van der Waals surface area contributed by atoms with E-state index in [0.717, 1.165) is 21.7 Å². The van der Waals surface area contributed by atoms with Gasteiger partial charge in [0.2, 0.25) is 0 Å². The molecule has 1 aliphatic rings. The van der Waals surface area contributed by atoms with Crippen LogP contribution in [-0.2, 0) is 9.59 Å². The van der Waals surface area contributed by atoms with Crippen molar-refractivity contribution in [1.82, 2.24) is 0 Å². The van der Waals surface area contributed by atoms with Gasteiger partial charge in [0.25, 0.3) is 11.8 Å². The Hall–Kier alpha value is -3.08. The van der Waals surface area contributed by atoms with Crippen molar-refractivity contribution in [2.75, 3.05) is 16.8 Å². The van der Waals surface area contributed by atoms with E-state index in [4.69, 9.17) is 23.2 Å². The van der Waals surface area contributed by atoms with Crippen LogP contribution in [0.5, 0.6) is 0 Å². The van der Waals surface area contributed by atoms with Gasteiger partial charge in [0.05, 0.1) is 21.3 Å². The zero-order valence-electron chi connectivity index (χ0n) is 17.3. The molecule has 0 unspecified atom stereocenters. The topological polar surface area (TPSA) is 40.6 Å². The molecule has 0 aliphatic carbocycles. The number of carbonyl (C=O) groups is 2. The first-order valence-electron chi connectivity index (χ1n) is 9.74. The SMILES string of the molecule is Cc1ccc(C2=C(N(C)c3ccccc3)C(=O)N(c3ccc(Cl)c(Cl)c3)C2=O)cc1C. The number of hydrogen-bond acceptors (Lipinski definition) is 3. The van der Waals surface area contributed by atoms with Crippen molar-refractivity contribution in [1.29, 1.82) is 0 Å². The summed E-state index contributed by atoms with van der Waals surface area (Å²) in [7, 11) is 1.79. The number of nitrogens with zero attached hydrogens (tertiary/aromatic N) is 2. The Morgan fingerprint density at radius 1 is 0.774 bits per heavy atom. The maximum absolute atomic E-state index is 13.6. The largest absolute Gasteiger partial charge is 0.339 e. The lowest BCUT2D eigenvalue weighted by atomic mass is 9.99. The lowest BCUT2D eigenvalue weighted by Crippen LogP contribution is -2.34. The number of rotatable bonds is 4. The summed E-state index contributed by atoms with van der Waals surface area (Å²) in [5.74, 6) is -0.813. The van der Waals surface area contributed by atoms with Crippen LogP contribution in [0, 0.1) is 13.8 Å². The summed E-state index contributed by atoms with van der Waals surface area (Å²) >= 11 is 12.2. The Labute approximate surface area is 191 Å². The maximum Gasteiger partial charge on any atom is 0.282 e. The highest BCUT2D eigenvalue weighted by Crippen LogP contribution is 2.38. The van der Waals surface area contributed by atoms with Gasteiger partial charge in [-0.3, -0.25) is 9.59 Å². The van der Waals surface area contributed by atoms with Gasteiger partial charge in [-0.05, 0) is 60.9 Å². The van der Waals surface area contributed by atoms with Gasteiger partial charge in [-0.2, -0.15) is 0 Å². The molecule has 0 spiro atoms. The molecule has 1 aliphatic heterocycles. The summed E-state index contributed by atoms with van der Waals surface area (Å²) < 4.78 is 0. The number of benzene rings is 3. The van der Waals surface area contributed by atoms with Gasteiger partial charge in [0, 0.05) is 12.7 Å². The summed E-state index contributed by atoms with van der Waals surface area (Å²) in [5.41, 5.74) is 4.69. The number of halogens is 2. The van der Waals surface area contributed by atoms with E-state index < -0.39 is 11.8 Å². The van der Waals surface area contributed by atoms with E-state index in [1.165, 1.54) is 6.07 Å². The highest BCUT2D eigenvalue weighted by atomic mass is 35.5. The molecule has 0 bridgehead atoms. The predicted molar refractivity (Wildman–Crippen MR) is 127 cm³/mol. The number of carbonyl (C=O) groups excluding carboxylic acids is 2. The van der Waals surface area contributed by atoms with Crippen LogP contribution in [0.15, 0.2) is 72.4 Å². The molecule has 4 rings (SSSR count). The molecule has 3 aromatic rings. The minimum absolute atomic E-state index is 0.275. The lowest BCUT2D eigenvalue weighted by Gasteiger charge is -2.21. The molecule has 0 N–H and O–H groups in total. The molecule has 4 nitrogen and oxygen atoms in total. The van der Waals surface area contributed by atoms with E-state index in [9.17, 15) is 9.59 Å². The first-order chi connectivity index (χ1) is 14.8. The number of para-hydroxylation sites is 1. The highest BCUT2D eigenvalue weighted by molar-refractivity contribution is 6.47. The highest BCUT2D eigenvalue weighted by Gasteiger charge is 2.42. The van der Waals surface area contributed by atoms with E-state index in [1.807, 2.05) is 62.4 Å². The van der Waals surface area contributed by atoms with Crippen LogP contribution in [0.2, 0.25) is 10.0 Å². The summed E-state index contributed by atoms with van der Waals surface area (Å²) in [6.45, 7) is 3.99. The number of aryl methyl sites for hydroxylation is 2. The Morgan fingerprint density at radius 2 is 1.48 bits per heavy atom. The second-order valence-corrected chi connectivity index (χ2v) is 8.28. The van der Waals surface area contributed by atoms with Crippen LogP contribution in [0.1, 0.15) is 16.7 Å². The van der Waals surface area contributed by atoms with Crippen molar-refractivity contribution in [3.8, 4) is 0 Å². The zero-order valence-corrected chi connectivity index (χ0v) is 18.8. The normalized spacial score (nSPS) is 13.9. The summed E-state index contributed by atoms with van der Waals surface area (Å²) in [4.78, 5) is 30.1. The maximum atomic E-state index is 13.6. The minimum atomic E-state index is -0.414. The number of amides is 2. The second-order valence-electron chi connectivity index (χ2n) is 7.46. The molecule has 0 radical (unpaired) electrons. The first kappa shape index (κ1) is 21.2. The van der Waals surface area contributed by atoms with Crippen LogP contribution in [0.4, 0.5) is 11.4 Å². The molecule has 0 saturated carbocycles. The van der Waals surface area contributed by atoms with Gasteiger partial charge in [-0.15, -0.1) is 0 Å². The van der Waals surface area contributed by atoms with Crippen molar-refractivity contribution >= 4 is 52.0 Å². The molecule has 0 saturated heterocycles. The molecule has 3 aromatic carbocycles. The number of imide groups is 1. The quantitative estimate of drug-likeness (QED) is 0.455. The van der Waals surface area contributed by atoms with E-state index >= 15 is 0 Å². The van der Waals surface area contributed by atoms with E-state index in [-0.39, 0.29) is 5.02 Å². The monoisotopic (exact) mass is 450 g/mol.